The molecule has 0 aliphatic heterocycles. The van der Waals surface area contributed by atoms with Crippen molar-refractivity contribution in [2.24, 2.45) is 7.05 Å². The summed E-state index contributed by atoms with van der Waals surface area (Å²) in [6, 6.07) is 4.75. The van der Waals surface area contributed by atoms with Gasteiger partial charge in [-0.2, -0.15) is 0 Å². The van der Waals surface area contributed by atoms with Crippen molar-refractivity contribution in [3.63, 3.8) is 0 Å². The van der Waals surface area contributed by atoms with Crippen LogP contribution in [-0.2, 0) is 18.2 Å². The molecule has 0 fully saturated rings. The third-order valence-electron chi connectivity index (χ3n) is 3.86. The van der Waals surface area contributed by atoms with Crippen molar-refractivity contribution in [3.8, 4) is 0 Å². The van der Waals surface area contributed by atoms with Gasteiger partial charge in [0.15, 0.2) is 5.78 Å². The van der Waals surface area contributed by atoms with E-state index in [4.69, 9.17) is 4.74 Å². The SMILES string of the molecule is CCOCC(=O)c1cn(C)c(=O)c(C)c1Cc1ccc(Br)cc1F. The molecular weight excluding hydrogens is 377 g/mol. The van der Waals surface area contributed by atoms with Crippen molar-refractivity contribution < 1.29 is 13.9 Å². The normalized spacial score (nSPS) is 10.9. The average Bonchev–Trinajstić information content (AvgIpc) is 2.54. The second kappa shape index (κ2) is 7.85. The monoisotopic (exact) mass is 395 g/mol. The molecule has 0 unspecified atom stereocenters. The molecule has 6 heteroatoms. The Labute approximate surface area is 148 Å². The summed E-state index contributed by atoms with van der Waals surface area (Å²) in [5.41, 5.74) is 1.62. The highest BCUT2D eigenvalue weighted by Crippen LogP contribution is 2.21. The van der Waals surface area contributed by atoms with Gasteiger partial charge in [-0.3, -0.25) is 9.59 Å². The van der Waals surface area contributed by atoms with Crippen LogP contribution >= 0.6 is 15.9 Å². The van der Waals surface area contributed by atoms with Crippen LogP contribution in [0.3, 0.4) is 0 Å². The molecule has 2 aromatic rings. The van der Waals surface area contributed by atoms with Gasteiger partial charge in [0.05, 0.1) is 0 Å². The largest absolute Gasteiger partial charge is 0.374 e. The minimum Gasteiger partial charge on any atom is -0.374 e. The summed E-state index contributed by atoms with van der Waals surface area (Å²) in [5.74, 6) is -0.601. The zero-order chi connectivity index (χ0) is 17.9. The van der Waals surface area contributed by atoms with E-state index in [1.165, 1.54) is 16.8 Å². The Morgan fingerprint density at radius 2 is 2.08 bits per heavy atom. The van der Waals surface area contributed by atoms with Crippen LogP contribution in [-0.4, -0.2) is 23.6 Å². The van der Waals surface area contributed by atoms with Gasteiger partial charge in [-0.25, -0.2) is 4.39 Å². The fourth-order valence-electron chi connectivity index (χ4n) is 2.52. The first-order valence-electron chi connectivity index (χ1n) is 7.59. The standard InChI is InChI=1S/C18H19BrFNO3/c1-4-24-10-17(22)15-9-21(3)18(23)11(2)14(15)7-12-5-6-13(19)8-16(12)20/h5-6,8-9H,4,7,10H2,1-3H3. The molecule has 0 saturated carbocycles. The Hall–Kier alpha value is -1.79. The van der Waals surface area contributed by atoms with Crippen molar-refractivity contribution >= 4 is 21.7 Å². The van der Waals surface area contributed by atoms with E-state index < -0.39 is 0 Å². The third kappa shape index (κ3) is 3.99. The Balaban J connectivity index is 2.52. The van der Waals surface area contributed by atoms with Gasteiger partial charge in [0.25, 0.3) is 5.56 Å². The molecular formula is C18H19BrFNO3. The van der Waals surface area contributed by atoms with Gasteiger partial charge in [-0.05, 0) is 37.1 Å². The number of aromatic nitrogens is 1. The number of ketones is 1. The Kier molecular flexibility index (Phi) is 6.07. The van der Waals surface area contributed by atoms with E-state index in [9.17, 15) is 14.0 Å². The number of nitrogens with zero attached hydrogens (tertiary/aromatic N) is 1. The van der Waals surface area contributed by atoms with Crippen LogP contribution < -0.4 is 5.56 Å². The second-order valence-corrected chi connectivity index (χ2v) is 6.45. The highest BCUT2D eigenvalue weighted by Gasteiger charge is 2.18. The van der Waals surface area contributed by atoms with E-state index in [0.717, 1.165) is 0 Å². The lowest BCUT2D eigenvalue weighted by atomic mass is 9.95. The molecule has 0 aliphatic rings. The molecule has 0 amide bonds. The maximum atomic E-state index is 14.2. The summed E-state index contributed by atoms with van der Waals surface area (Å²) in [5, 5.41) is 0. The molecule has 1 heterocycles. The second-order valence-electron chi connectivity index (χ2n) is 5.54. The zero-order valence-electron chi connectivity index (χ0n) is 13.9. The zero-order valence-corrected chi connectivity index (χ0v) is 15.4. The number of benzene rings is 1. The van der Waals surface area contributed by atoms with Crippen LogP contribution in [0, 0.1) is 12.7 Å². The molecule has 4 nitrogen and oxygen atoms in total. The van der Waals surface area contributed by atoms with Crippen molar-refractivity contribution in [1.29, 1.82) is 0 Å². The molecule has 128 valence electrons. The van der Waals surface area contributed by atoms with Gasteiger partial charge in [0, 0.05) is 41.9 Å². The summed E-state index contributed by atoms with van der Waals surface area (Å²) in [6.07, 6.45) is 1.68. The van der Waals surface area contributed by atoms with E-state index in [1.807, 2.05) is 0 Å². The van der Waals surface area contributed by atoms with Crippen molar-refractivity contribution in [2.75, 3.05) is 13.2 Å². The summed E-state index contributed by atoms with van der Waals surface area (Å²) in [4.78, 5) is 24.7. The van der Waals surface area contributed by atoms with Crippen molar-refractivity contribution in [1.82, 2.24) is 4.57 Å². The number of aryl methyl sites for hydroxylation is 1. The fraction of sp³-hybridized carbons (Fsp3) is 0.333. The number of hydrogen-bond acceptors (Lipinski definition) is 3. The number of Topliss-reactive ketones (excluding diaryl/α,β-unsaturated/α-hetero) is 1. The first-order chi connectivity index (χ1) is 11.3. The van der Waals surface area contributed by atoms with Gasteiger partial charge in [-0.15, -0.1) is 0 Å². The molecule has 0 spiro atoms. The summed E-state index contributed by atoms with van der Waals surface area (Å²) < 4.78 is 21.4. The Morgan fingerprint density at radius 1 is 1.38 bits per heavy atom. The minimum atomic E-state index is -0.382. The van der Waals surface area contributed by atoms with Crippen LogP contribution in [0.2, 0.25) is 0 Å². The first kappa shape index (κ1) is 18.5. The van der Waals surface area contributed by atoms with E-state index in [0.29, 0.717) is 33.3 Å². The Bertz CT molecular complexity index is 830. The van der Waals surface area contributed by atoms with Crippen LogP contribution in [0.15, 0.2) is 33.7 Å². The van der Waals surface area contributed by atoms with Gasteiger partial charge in [0.2, 0.25) is 0 Å². The lowest BCUT2D eigenvalue weighted by molar-refractivity contribution is 0.0781. The van der Waals surface area contributed by atoms with Gasteiger partial charge >= 0.3 is 0 Å². The van der Waals surface area contributed by atoms with Gasteiger partial charge in [-0.1, -0.05) is 22.0 Å². The Morgan fingerprint density at radius 3 is 2.71 bits per heavy atom. The lowest BCUT2D eigenvalue weighted by Crippen LogP contribution is -2.25. The number of halogens is 2. The number of pyridine rings is 1. The van der Waals surface area contributed by atoms with Crippen LogP contribution in [0.25, 0.3) is 0 Å². The number of ether oxygens (including phenoxy) is 1. The summed E-state index contributed by atoms with van der Waals surface area (Å²) in [7, 11) is 1.59. The third-order valence-corrected chi connectivity index (χ3v) is 4.35. The molecule has 24 heavy (non-hydrogen) atoms. The minimum absolute atomic E-state index is 0.0655. The lowest BCUT2D eigenvalue weighted by Gasteiger charge is -2.14. The van der Waals surface area contributed by atoms with E-state index in [2.05, 4.69) is 15.9 Å². The van der Waals surface area contributed by atoms with Crippen molar-refractivity contribution in [3.05, 3.63) is 67.3 Å². The van der Waals surface area contributed by atoms with Crippen LogP contribution in [0.5, 0.6) is 0 Å². The number of hydrogen-bond donors (Lipinski definition) is 0. The van der Waals surface area contributed by atoms with E-state index in [-0.39, 0.29) is 30.2 Å². The molecule has 0 atom stereocenters. The molecule has 0 N–H and O–H groups in total. The molecule has 2 rings (SSSR count). The van der Waals surface area contributed by atoms with Gasteiger partial charge in [0.1, 0.15) is 12.4 Å². The molecule has 0 saturated heterocycles. The average molecular weight is 396 g/mol. The highest BCUT2D eigenvalue weighted by atomic mass is 79.9. The smallest absolute Gasteiger partial charge is 0.253 e. The van der Waals surface area contributed by atoms with Crippen LogP contribution in [0.1, 0.15) is 34.0 Å². The molecule has 1 aromatic heterocycles. The first-order valence-corrected chi connectivity index (χ1v) is 8.38. The predicted molar refractivity (Wildman–Crippen MR) is 94.1 cm³/mol. The topological polar surface area (TPSA) is 48.3 Å². The molecule has 0 radical (unpaired) electrons. The predicted octanol–water partition coefficient (Wildman–Crippen LogP) is 3.41. The van der Waals surface area contributed by atoms with E-state index in [1.54, 1.807) is 33.0 Å². The quantitative estimate of drug-likeness (QED) is 0.704. The maximum Gasteiger partial charge on any atom is 0.253 e. The number of carbonyl (C=O) groups is 1. The molecule has 0 aliphatic carbocycles. The summed E-state index contributed by atoms with van der Waals surface area (Å²) in [6.45, 7) is 3.82. The summed E-state index contributed by atoms with van der Waals surface area (Å²) >= 11 is 3.22. The van der Waals surface area contributed by atoms with Gasteiger partial charge < -0.3 is 9.30 Å². The number of rotatable bonds is 6. The molecule has 0 bridgehead atoms. The maximum absolute atomic E-state index is 14.2. The fourth-order valence-corrected chi connectivity index (χ4v) is 2.86. The highest BCUT2D eigenvalue weighted by molar-refractivity contribution is 9.10. The number of carbonyl (C=O) groups excluding carboxylic acids is 1. The van der Waals surface area contributed by atoms with Crippen molar-refractivity contribution in [2.45, 2.75) is 20.3 Å². The molecule has 1 aromatic carbocycles. The van der Waals surface area contributed by atoms with Crippen LogP contribution in [0.4, 0.5) is 4.39 Å². The van der Waals surface area contributed by atoms with E-state index >= 15 is 0 Å².